The highest BCUT2D eigenvalue weighted by molar-refractivity contribution is 5.73. The van der Waals surface area contributed by atoms with Gasteiger partial charge in [-0.15, -0.1) is 0 Å². The monoisotopic (exact) mass is 931 g/mol. The van der Waals surface area contributed by atoms with Gasteiger partial charge in [0.2, 0.25) is 0 Å². The van der Waals surface area contributed by atoms with Crippen molar-refractivity contribution in [1.82, 2.24) is 0 Å². The molecule has 0 bridgehead atoms. The zero-order valence-corrected chi connectivity index (χ0v) is 41.1. The van der Waals surface area contributed by atoms with Crippen LogP contribution in [0.2, 0.25) is 0 Å². The highest BCUT2D eigenvalue weighted by Crippen LogP contribution is 2.36. The molecule has 0 radical (unpaired) electrons. The molecule has 2 saturated heterocycles. The largest absolute Gasteiger partial charge is 0.463 e. The van der Waals surface area contributed by atoms with Gasteiger partial charge in [0, 0.05) is 44.9 Å². The number of rotatable bonds is 25. The Hall–Kier alpha value is -3.87. The highest BCUT2D eigenvalue weighted by Gasteiger charge is 2.58. The standard InChI is InChI=1S/C47H78O18/c1-24(2)15-33(48)56-22-31-41(42(61-36(51)18-27(7)8)44(46(55)58-31)63-38(53)20-29(11)12)65-47-45(64-39(54)21-30(13)14)43(62-37(52)19-28(9)10)40(60-35(50)17-26(5)6)32(59-47)23-57-34(49)16-25(3)4/h24-32,40-47,55H,15-23H2,1-14H3/t31-,32-,40+,41-,42+,43+,44-,45-,46?,47+/m1/s1. The van der Waals surface area contributed by atoms with E-state index in [-0.39, 0.29) is 86.4 Å². The summed E-state index contributed by atoms with van der Waals surface area (Å²) < 4.78 is 60.2. The van der Waals surface area contributed by atoms with E-state index < -0.39 is 116 Å². The Morgan fingerprint density at radius 1 is 0.369 bits per heavy atom. The zero-order valence-electron chi connectivity index (χ0n) is 41.1. The van der Waals surface area contributed by atoms with E-state index in [2.05, 4.69) is 0 Å². The van der Waals surface area contributed by atoms with Crippen LogP contribution in [0.3, 0.4) is 0 Å². The molecule has 18 heteroatoms. The van der Waals surface area contributed by atoms with Crippen molar-refractivity contribution in [3.05, 3.63) is 0 Å². The van der Waals surface area contributed by atoms with E-state index in [9.17, 15) is 38.7 Å². The van der Waals surface area contributed by atoms with Crippen LogP contribution >= 0.6 is 0 Å². The van der Waals surface area contributed by atoms with Crippen molar-refractivity contribution in [2.75, 3.05) is 13.2 Å². The van der Waals surface area contributed by atoms with Crippen LogP contribution in [0.5, 0.6) is 0 Å². The number of carbonyl (C=O) groups is 7. The topological polar surface area (TPSA) is 232 Å². The highest BCUT2D eigenvalue weighted by atomic mass is 16.8. The molecular formula is C47H78O18. The quantitative estimate of drug-likeness (QED) is 0.0844. The molecule has 2 fully saturated rings. The van der Waals surface area contributed by atoms with Gasteiger partial charge in [0.05, 0.1) is 0 Å². The molecule has 0 spiro atoms. The van der Waals surface area contributed by atoms with Gasteiger partial charge in [-0.1, -0.05) is 96.9 Å². The summed E-state index contributed by atoms with van der Waals surface area (Å²) in [5.41, 5.74) is 0. The molecule has 1 N–H and O–H groups in total. The molecule has 0 amide bonds. The van der Waals surface area contributed by atoms with Crippen molar-refractivity contribution < 1.29 is 86.0 Å². The van der Waals surface area contributed by atoms with Crippen LogP contribution in [0, 0.1) is 41.4 Å². The molecule has 10 atom stereocenters. The van der Waals surface area contributed by atoms with Gasteiger partial charge in [0.15, 0.2) is 43.1 Å². The summed E-state index contributed by atoms with van der Waals surface area (Å²) in [4.78, 5) is 93.5. The van der Waals surface area contributed by atoms with Gasteiger partial charge in [0.1, 0.15) is 31.5 Å². The third kappa shape index (κ3) is 21.1. The third-order valence-electron chi connectivity index (χ3n) is 9.67. The second-order valence-corrected chi connectivity index (χ2v) is 20.0. The molecule has 65 heavy (non-hydrogen) atoms. The lowest BCUT2D eigenvalue weighted by molar-refractivity contribution is -0.358. The molecule has 2 aliphatic heterocycles. The van der Waals surface area contributed by atoms with E-state index in [4.69, 9.17) is 47.4 Å². The number of carbonyl (C=O) groups excluding carboxylic acids is 7. The molecule has 18 nitrogen and oxygen atoms in total. The van der Waals surface area contributed by atoms with Gasteiger partial charge in [-0.2, -0.15) is 0 Å². The Bertz CT molecular complexity index is 1540. The lowest BCUT2D eigenvalue weighted by Crippen LogP contribution is -2.67. The van der Waals surface area contributed by atoms with Crippen LogP contribution in [0.1, 0.15) is 142 Å². The van der Waals surface area contributed by atoms with Crippen LogP contribution in [-0.4, -0.2) is 122 Å². The number of ether oxygens (including phenoxy) is 10. The van der Waals surface area contributed by atoms with Gasteiger partial charge in [-0.3, -0.25) is 33.6 Å². The summed E-state index contributed by atoms with van der Waals surface area (Å²) in [5.74, 6) is -6.19. The van der Waals surface area contributed by atoms with Crippen LogP contribution in [0.4, 0.5) is 0 Å². The maximum atomic E-state index is 13.7. The van der Waals surface area contributed by atoms with E-state index in [1.807, 2.05) is 27.7 Å². The Labute approximate surface area is 385 Å². The lowest BCUT2D eigenvalue weighted by atomic mass is 9.95. The molecule has 0 aromatic rings. The first kappa shape index (κ1) is 57.3. The minimum absolute atomic E-state index is 0.0141. The molecule has 0 saturated carbocycles. The molecule has 1 unspecified atom stereocenters. The summed E-state index contributed by atoms with van der Waals surface area (Å²) in [6.07, 6.45) is -17.1. The molecular weight excluding hydrogens is 852 g/mol. The van der Waals surface area contributed by atoms with Crippen molar-refractivity contribution >= 4 is 41.8 Å². The van der Waals surface area contributed by atoms with Crippen LogP contribution < -0.4 is 0 Å². The maximum absolute atomic E-state index is 13.7. The van der Waals surface area contributed by atoms with Crippen molar-refractivity contribution in [3.8, 4) is 0 Å². The van der Waals surface area contributed by atoms with E-state index in [1.165, 1.54) is 0 Å². The van der Waals surface area contributed by atoms with Crippen molar-refractivity contribution in [2.24, 2.45) is 41.4 Å². The van der Waals surface area contributed by atoms with Crippen LogP contribution in [0.25, 0.3) is 0 Å². The fraction of sp³-hybridized carbons (Fsp3) is 0.851. The minimum Gasteiger partial charge on any atom is -0.463 e. The number of aliphatic hydroxyl groups excluding tert-OH is 1. The minimum atomic E-state index is -1.94. The van der Waals surface area contributed by atoms with E-state index in [1.54, 1.807) is 69.2 Å². The third-order valence-corrected chi connectivity index (χ3v) is 9.67. The van der Waals surface area contributed by atoms with Crippen molar-refractivity contribution in [3.63, 3.8) is 0 Å². The van der Waals surface area contributed by atoms with E-state index in [0.29, 0.717) is 0 Å². The second kappa shape index (κ2) is 27.7. The van der Waals surface area contributed by atoms with E-state index >= 15 is 0 Å². The Kier molecular flexibility index (Phi) is 24.4. The molecule has 2 aliphatic rings. The first-order chi connectivity index (χ1) is 30.2. The number of esters is 7. The first-order valence-electron chi connectivity index (χ1n) is 23.2. The summed E-state index contributed by atoms with van der Waals surface area (Å²) in [5, 5.41) is 11.5. The summed E-state index contributed by atoms with van der Waals surface area (Å²) in [7, 11) is 0. The van der Waals surface area contributed by atoms with Crippen molar-refractivity contribution in [2.45, 2.75) is 203 Å². The number of aliphatic hydroxyl groups is 1. The average molecular weight is 931 g/mol. The van der Waals surface area contributed by atoms with Gasteiger partial charge < -0.3 is 52.5 Å². The molecule has 0 aliphatic carbocycles. The smallest absolute Gasteiger partial charge is 0.306 e. The summed E-state index contributed by atoms with van der Waals surface area (Å²) >= 11 is 0. The molecule has 374 valence electrons. The van der Waals surface area contributed by atoms with Crippen LogP contribution in [-0.2, 0) is 80.9 Å². The average Bonchev–Trinajstić information content (AvgIpc) is 3.12. The number of hydrogen-bond acceptors (Lipinski definition) is 18. The van der Waals surface area contributed by atoms with Gasteiger partial charge in [-0.05, 0) is 41.4 Å². The lowest BCUT2D eigenvalue weighted by Gasteiger charge is -2.48. The fourth-order valence-corrected chi connectivity index (χ4v) is 6.93. The predicted octanol–water partition coefficient (Wildman–Crippen LogP) is 5.78. The van der Waals surface area contributed by atoms with Gasteiger partial charge in [0.25, 0.3) is 0 Å². The molecule has 2 rings (SSSR count). The Balaban J connectivity index is 2.96. The normalized spacial score (nSPS) is 25.8. The predicted molar refractivity (Wildman–Crippen MR) is 232 cm³/mol. The van der Waals surface area contributed by atoms with Crippen molar-refractivity contribution in [1.29, 1.82) is 0 Å². The van der Waals surface area contributed by atoms with E-state index in [0.717, 1.165) is 0 Å². The fourth-order valence-electron chi connectivity index (χ4n) is 6.93. The second-order valence-electron chi connectivity index (χ2n) is 20.0. The molecule has 0 aromatic heterocycles. The van der Waals surface area contributed by atoms with Gasteiger partial charge in [-0.25, -0.2) is 0 Å². The Morgan fingerprint density at radius 2 is 0.646 bits per heavy atom. The zero-order chi connectivity index (χ0) is 49.3. The SMILES string of the molecule is CC(C)CC(=O)OC[C@H]1O[C@@H](O[C@H]2[C@H](OC(=O)CC(C)C)[C@@H](OC(=O)CC(C)C)C(O)O[C@@H]2COC(=O)CC(C)C)[C@H](OC(=O)CC(C)C)[C@@H](OC(=O)CC(C)C)[C@H]1OC(=O)CC(C)C. The Morgan fingerprint density at radius 3 is 1.00 bits per heavy atom. The van der Waals surface area contributed by atoms with Crippen LogP contribution in [0.15, 0.2) is 0 Å². The number of hydrogen-bond donors (Lipinski definition) is 1. The van der Waals surface area contributed by atoms with Gasteiger partial charge >= 0.3 is 41.8 Å². The first-order valence-corrected chi connectivity index (χ1v) is 23.2. The summed E-state index contributed by atoms with van der Waals surface area (Å²) in [6, 6.07) is 0. The maximum Gasteiger partial charge on any atom is 0.306 e. The molecule has 0 aromatic carbocycles. The summed E-state index contributed by atoms with van der Waals surface area (Å²) in [6.45, 7) is 23.9. The molecule has 2 heterocycles.